The van der Waals surface area contributed by atoms with Crippen LogP contribution in [-0.2, 0) is 19.6 Å². The minimum Gasteiger partial charge on any atom is -0.354 e. The van der Waals surface area contributed by atoms with Crippen LogP contribution in [-0.4, -0.2) is 50.3 Å². The molecule has 0 aliphatic carbocycles. The van der Waals surface area contributed by atoms with Gasteiger partial charge in [0.2, 0.25) is 0 Å². The maximum atomic E-state index is 13.5. The van der Waals surface area contributed by atoms with E-state index in [-0.39, 0.29) is 11.9 Å². The molecule has 0 radical (unpaired) electrons. The Kier molecular flexibility index (Phi) is 6.18. The fourth-order valence-electron chi connectivity index (χ4n) is 4.17. The molecule has 0 atom stereocenters. The molecule has 0 spiro atoms. The fraction of sp³-hybridized carbons (Fsp3) is 0.435. The highest BCUT2D eigenvalue weighted by Gasteiger charge is 2.33. The van der Waals surface area contributed by atoms with Gasteiger partial charge in [-0.15, -0.1) is 10.2 Å². The van der Waals surface area contributed by atoms with Crippen molar-refractivity contribution >= 4 is 17.5 Å². The third kappa shape index (κ3) is 3.84. The van der Waals surface area contributed by atoms with Crippen LogP contribution < -0.4 is 15.1 Å². The molecule has 0 bridgehead atoms. The van der Waals surface area contributed by atoms with Crippen LogP contribution in [0.15, 0.2) is 30.6 Å². The molecule has 168 valence electrons. The van der Waals surface area contributed by atoms with Crippen molar-refractivity contribution in [2.45, 2.75) is 53.4 Å². The zero-order valence-electron chi connectivity index (χ0n) is 19.3. The van der Waals surface area contributed by atoms with E-state index in [1.54, 1.807) is 11.2 Å². The lowest BCUT2D eigenvalue weighted by Crippen LogP contribution is -2.32. The van der Waals surface area contributed by atoms with E-state index in [2.05, 4.69) is 41.2 Å². The average Bonchev–Trinajstić information content (AvgIpc) is 3.39. The second-order valence-corrected chi connectivity index (χ2v) is 8.08. The van der Waals surface area contributed by atoms with Gasteiger partial charge in [-0.05, 0) is 52.9 Å². The van der Waals surface area contributed by atoms with Crippen molar-refractivity contribution in [2.75, 3.05) is 23.4 Å². The number of rotatable bonds is 8. The predicted molar refractivity (Wildman–Crippen MR) is 125 cm³/mol. The molecule has 1 amide bonds. The van der Waals surface area contributed by atoms with Crippen LogP contribution in [0.2, 0.25) is 0 Å². The molecule has 0 aromatic carbocycles. The summed E-state index contributed by atoms with van der Waals surface area (Å²) >= 11 is 0. The first-order valence-electron chi connectivity index (χ1n) is 11.1. The first kappa shape index (κ1) is 21.9. The molecule has 3 aromatic heterocycles. The Morgan fingerprint density at radius 2 is 2.03 bits per heavy atom. The Labute approximate surface area is 188 Å². The lowest BCUT2D eigenvalue weighted by Gasteiger charge is -2.27. The van der Waals surface area contributed by atoms with E-state index in [9.17, 15) is 4.79 Å². The quantitative estimate of drug-likeness (QED) is 0.583. The molecule has 1 aliphatic rings. The Hall–Kier alpha value is -3.33. The number of aryl methyl sites for hydroxylation is 1. The molecule has 0 unspecified atom stereocenters. The van der Waals surface area contributed by atoms with Crippen LogP contribution in [0, 0.1) is 0 Å². The topological polar surface area (TPSA) is 92.1 Å². The van der Waals surface area contributed by atoms with Gasteiger partial charge in [-0.25, -0.2) is 9.97 Å². The molecule has 9 nitrogen and oxygen atoms in total. The van der Waals surface area contributed by atoms with Gasteiger partial charge < -0.3 is 14.8 Å². The smallest absolute Gasteiger partial charge is 0.260 e. The third-order valence-electron chi connectivity index (χ3n) is 5.79. The summed E-state index contributed by atoms with van der Waals surface area (Å²) in [6, 6.07) is 7.87. The van der Waals surface area contributed by atoms with Crippen molar-refractivity contribution in [3.8, 4) is 11.5 Å². The molecular weight excluding hydrogens is 404 g/mol. The lowest BCUT2D eigenvalue weighted by molar-refractivity contribution is 0.0996. The van der Waals surface area contributed by atoms with Gasteiger partial charge in [0.1, 0.15) is 23.7 Å². The molecule has 0 saturated carbocycles. The van der Waals surface area contributed by atoms with Crippen LogP contribution >= 0.6 is 0 Å². The Bertz CT molecular complexity index is 1120. The molecule has 4 heterocycles. The number of anilines is 2. The second-order valence-electron chi connectivity index (χ2n) is 8.08. The number of nitrogens with zero attached hydrogens (tertiary/aromatic N) is 7. The number of aromatic nitrogens is 5. The maximum absolute atomic E-state index is 13.5. The Balaban J connectivity index is 1.73. The van der Waals surface area contributed by atoms with Gasteiger partial charge in [0, 0.05) is 31.2 Å². The van der Waals surface area contributed by atoms with E-state index < -0.39 is 0 Å². The van der Waals surface area contributed by atoms with Gasteiger partial charge in [0.15, 0.2) is 5.82 Å². The zero-order chi connectivity index (χ0) is 22.8. The van der Waals surface area contributed by atoms with Crippen molar-refractivity contribution in [1.29, 1.82) is 0 Å². The normalized spacial score (nSPS) is 13.2. The number of carbonyl (C=O) groups excluding carboxylic acids is 1. The molecule has 9 heteroatoms. The van der Waals surface area contributed by atoms with Crippen molar-refractivity contribution < 1.29 is 4.79 Å². The lowest BCUT2D eigenvalue weighted by atomic mass is 10.1. The highest BCUT2D eigenvalue weighted by molar-refractivity contribution is 6.10. The fourth-order valence-corrected chi connectivity index (χ4v) is 4.17. The molecular formula is C23H30N8O. The molecule has 0 fully saturated rings. The third-order valence-corrected chi connectivity index (χ3v) is 5.79. The highest BCUT2D eigenvalue weighted by atomic mass is 16.2. The van der Waals surface area contributed by atoms with Crippen LogP contribution in [0.25, 0.3) is 11.5 Å². The van der Waals surface area contributed by atoms with Crippen molar-refractivity contribution in [3.63, 3.8) is 0 Å². The SMILES string of the molecule is CCN(c1cc2c(c(CNC)n1)CN(c1cccc(-c3nncn3CC)n1)C2=O)C(C)C. The molecule has 4 rings (SSSR count). The first-order valence-corrected chi connectivity index (χ1v) is 11.1. The predicted octanol–water partition coefficient (Wildman–Crippen LogP) is 2.87. The zero-order valence-corrected chi connectivity index (χ0v) is 19.3. The summed E-state index contributed by atoms with van der Waals surface area (Å²) in [6.07, 6.45) is 1.69. The Morgan fingerprint density at radius 3 is 2.72 bits per heavy atom. The number of nitrogens with one attached hydrogen (secondary N) is 1. The summed E-state index contributed by atoms with van der Waals surface area (Å²) in [7, 11) is 1.89. The van der Waals surface area contributed by atoms with Gasteiger partial charge in [0.25, 0.3) is 5.91 Å². The van der Waals surface area contributed by atoms with Gasteiger partial charge in [-0.3, -0.25) is 9.69 Å². The minimum atomic E-state index is -0.0533. The minimum absolute atomic E-state index is 0.0533. The highest BCUT2D eigenvalue weighted by Crippen LogP contribution is 2.32. The van der Waals surface area contributed by atoms with Crippen LogP contribution in [0.1, 0.15) is 49.3 Å². The van der Waals surface area contributed by atoms with Gasteiger partial charge in [0.05, 0.1) is 17.8 Å². The number of carbonyl (C=O) groups is 1. The van der Waals surface area contributed by atoms with Gasteiger partial charge in [-0.2, -0.15) is 0 Å². The standard InChI is InChI=1S/C23H30N8O/c1-6-29-14-25-28-22(29)18-9-8-10-20(26-18)31-13-17-16(23(31)32)11-21(27-19(17)12-24-5)30(7-2)15(3)4/h8-11,14-15,24H,6-7,12-13H2,1-5H3. The van der Waals surface area contributed by atoms with Crippen LogP contribution in [0.5, 0.6) is 0 Å². The van der Waals surface area contributed by atoms with Crippen molar-refractivity contribution in [3.05, 3.63) is 47.4 Å². The van der Waals surface area contributed by atoms with Crippen molar-refractivity contribution in [2.24, 2.45) is 0 Å². The van der Waals surface area contributed by atoms with Gasteiger partial charge >= 0.3 is 0 Å². The van der Waals surface area contributed by atoms with E-state index in [1.807, 2.05) is 42.8 Å². The summed E-state index contributed by atoms with van der Waals surface area (Å²) in [5, 5.41) is 11.4. The van der Waals surface area contributed by atoms with Crippen LogP contribution in [0.4, 0.5) is 11.6 Å². The van der Waals surface area contributed by atoms with E-state index in [0.29, 0.717) is 36.0 Å². The van der Waals surface area contributed by atoms with E-state index in [0.717, 1.165) is 30.2 Å². The average molecular weight is 435 g/mol. The summed E-state index contributed by atoms with van der Waals surface area (Å²) in [5.74, 6) is 2.07. The summed E-state index contributed by atoms with van der Waals surface area (Å²) < 4.78 is 1.93. The maximum Gasteiger partial charge on any atom is 0.260 e. The monoisotopic (exact) mass is 434 g/mol. The number of hydrogen-bond donors (Lipinski definition) is 1. The number of amides is 1. The number of hydrogen-bond acceptors (Lipinski definition) is 7. The van der Waals surface area contributed by atoms with E-state index in [1.165, 1.54) is 0 Å². The number of pyridine rings is 2. The summed E-state index contributed by atoms with van der Waals surface area (Å²) in [6.45, 7) is 11.0. The molecule has 0 saturated heterocycles. The summed E-state index contributed by atoms with van der Waals surface area (Å²) in [4.78, 5) is 27.1. The van der Waals surface area contributed by atoms with E-state index in [4.69, 9.17) is 9.97 Å². The first-order chi connectivity index (χ1) is 15.5. The molecule has 1 aliphatic heterocycles. The molecule has 3 aromatic rings. The van der Waals surface area contributed by atoms with Crippen molar-refractivity contribution in [1.82, 2.24) is 30.0 Å². The van der Waals surface area contributed by atoms with Gasteiger partial charge in [-0.1, -0.05) is 6.07 Å². The Morgan fingerprint density at radius 1 is 1.22 bits per heavy atom. The largest absolute Gasteiger partial charge is 0.354 e. The molecule has 32 heavy (non-hydrogen) atoms. The molecule has 1 N–H and O–H groups in total. The second kappa shape index (κ2) is 9.04. The summed E-state index contributed by atoms with van der Waals surface area (Å²) in [5.41, 5.74) is 3.24. The van der Waals surface area contributed by atoms with Crippen LogP contribution in [0.3, 0.4) is 0 Å². The van der Waals surface area contributed by atoms with E-state index >= 15 is 0 Å². The number of fused-ring (bicyclic) bond motifs is 1.